The maximum Gasteiger partial charge on any atom is 0.272 e. The van der Waals surface area contributed by atoms with Crippen LogP contribution in [0.2, 0.25) is 0 Å². The molecule has 3 aromatic rings. The molecule has 0 aliphatic carbocycles. The van der Waals surface area contributed by atoms with E-state index in [0.29, 0.717) is 17.2 Å². The number of piperidine rings is 1. The second-order valence-corrected chi connectivity index (χ2v) is 7.67. The van der Waals surface area contributed by atoms with Crippen molar-refractivity contribution in [3.8, 4) is 6.07 Å². The highest BCUT2D eigenvalue weighted by Crippen LogP contribution is 2.24. The van der Waals surface area contributed by atoms with Gasteiger partial charge < -0.3 is 10.2 Å². The molecular formula is C25H24N4O. The summed E-state index contributed by atoms with van der Waals surface area (Å²) in [5.41, 5.74) is 3.98. The van der Waals surface area contributed by atoms with Crippen LogP contribution in [0.1, 0.15) is 34.5 Å². The molecule has 150 valence electrons. The van der Waals surface area contributed by atoms with Crippen LogP contribution in [0.5, 0.6) is 0 Å². The minimum Gasteiger partial charge on any atom is -0.355 e. The molecule has 1 N–H and O–H groups in total. The number of hydrogen-bond acceptors (Lipinski definition) is 4. The highest BCUT2D eigenvalue weighted by atomic mass is 16.2. The minimum atomic E-state index is -0.0254. The number of amides is 1. The fraction of sp³-hybridized carbons (Fsp3) is 0.240. The van der Waals surface area contributed by atoms with Gasteiger partial charge >= 0.3 is 0 Å². The summed E-state index contributed by atoms with van der Waals surface area (Å²) in [7, 11) is 0. The molecule has 5 nitrogen and oxygen atoms in total. The average molecular weight is 396 g/mol. The van der Waals surface area contributed by atoms with Crippen molar-refractivity contribution in [2.24, 2.45) is 5.92 Å². The van der Waals surface area contributed by atoms with Gasteiger partial charge in [-0.2, -0.15) is 5.26 Å². The molecule has 0 spiro atoms. The maximum absolute atomic E-state index is 13.0. The number of nitrogens with zero attached hydrogens (tertiary/aromatic N) is 3. The van der Waals surface area contributed by atoms with E-state index in [-0.39, 0.29) is 5.91 Å². The molecule has 0 radical (unpaired) electrons. The smallest absolute Gasteiger partial charge is 0.272 e. The van der Waals surface area contributed by atoms with Crippen molar-refractivity contribution in [2.75, 3.05) is 18.4 Å². The summed E-state index contributed by atoms with van der Waals surface area (Å²) in [5, 5.41) is 12.3. The van der Waals surface area contributed by atoms with Crippen LogP contribution in [0.4, 0.5) is 11.4 Å². The van der Waals surface area contributed by atoms with Gasteiger partial charge in [0, 0.05) is 30.7 Å². The predicted octanol–water partition coefficient (Wildman–Crippen LogP) is 4.79. The number of likely N-dealkylation sites (tertiary alicyclic amines) is 1. The van der Waals surface area contributed by atoms with Gasteiger partial charge in [-0.3, -0.25) is 9.78 Å². The normalized spacial score (nSPS) is 14.2. The molecule has 4 rings (SSSR count). The Morgan fingerprint density at radius 2 is 1.80 bits per heavy atom. The molecular weight excluding hydrogens is 372 g/mol. The molecule has 1 aliphatic heterocycles. The van der Waals surface area contributed by atoms with Gasteiger partial charge in [-0.1, -0.05) is 36.4 Å². The minimum absolute atomic E-state index is 0.0254. The van der Waals surface area contributed by atoms with Gasteiger partial charge in [0.1, 0.15) is 5.69 Å². The van der Waals surface area contributed by atoms with Gasteiger partial charge in [0.2, 0.25) is 0 Å². The fourth-order valence-electron chi connectivity index (χ4n) is 3.91. The standard InChI is InChI=1S/C25H24N4O/c26-18-21-7-4-8-22(16-21)28-23-9-12-27-24(17-23)25(30)29-13-10-20(11-14-29)15-19-5-2-1-3-6-19/h1-9,12,16-17,20H,10-11,13-15H2,(H,27,28). The number of pyridine rings is 1. The van der Waals surface area contributed by atoms with Gasteiger partial charge in [0.05, 0.1) is 11.6 Å². The Kier molecular flexibility index (Phi) is 6.05. The molecule has 2 aromatic carbocycles. The van der Waals surface area contributed by atoms with Crippen LogP contribution in [-0.4, -0.2) is 28.9 Å². The Labute approximate surface area is 177 Å². The van der Waals surface area contributed by atoms with Crippen LogP contribution >= 0.6 is 0 Å². The van der Waals surface area contributed by atoms with E-state index in [2.05, 4.69) is 40.6 Å². The van der Waals surface area contributed by atoms with Crippen LogP contribution in [-0.2, 0) is 6.42 Å². The molecule has 1 fully saturated rings. The summed E-state index contributed by atoms with van der Waals surface area (Å²) in [6.45, 7) is 1.53. The summed E-state index contributed by atoms with van der Waals surface area (Å²) in [5.74, 6) is 0.590. The van der Waals surface area contributed by atoms with E-state index in [0.717, 1.165) is 43.7 Å². The molecule has 0 saturated carbocycles. The Morgan fingerprint density at radius 3 is 2.57 bits per heavy atom. The third-order valence-corrected chi connectivity index (χ3v) is 5.53. The Balaban J connectivity index is 1.37. The van der Waals surface area contributed by atoms with Crippen molar-refractivity contribution in [2.45, 2.75) is 19.3 Å². The van der Waals surface area contributed by atoms with Crippen molar-refractivity contribution in [3.05, 3.63) is 89.7 Å². The van der Waals surface area contributed by atoms with Gasteiger partial charge in [0.25, 0.3) is 5.91 Å². The lowest BCUT2D eigenvalue weighted by Crippen LogP contribution is -2.39. The van der Waals surface area contributed by atoms with Crippen molar-refractivity contribution >= 4 is 17.3 Å². The van der Waals surface area contributed by atoms with E-state index in [1.807, 2.05) is 29.2 Å². The zero-order chi connectivity index (χ0) is 20.8. The molecule has 1 aromatic heterocycles. The average Bonchev–Trinajstić information content (AvgIpc) is 2.80. The highest BCUT2D eigenvalue weighted by molar-refractivity contribution is 5.93. The van der Waals surface area contributed by atoms with Crippen molar-refractivity contribution in [3.63, 3.8) is 0 Å². The van der Waals surface area contributed by atoms with E-state index in [4.69, 9.17) is 5.26 Å². The third kappa shape index (κ3) is 4.84. The van der Waals surface area contributed by atoms with Crippen LogP contribution in [0, 0.1) is 17.2 Å². The van der Waals surface area contributed by atoms with Crippen LogP contribution < -0.4 is 5.32 Å². The number of benzene rings is 2. The lowest BCUT2D eigenvalue weighted by atomic mass is 9.90. The quantitative estimate of drug-likeness (QED) is 0.673. The van der Waals surface area contributed by atoms with Crippen LogP contribution in [0.15, 0.2) is 72.9 Å². The maximum atomic E-state index is 13.0. The molecule has 1 amide bonds. The van der Waals surface area contributed by atoms with Crippen LogP contribution in [0.3, 0.4) is 0 Å². The van der Waals surface area contributed by atoms with E-state index in [1.165, 1.54) is 5.56 Å². The Bertz CT molecular complexity index is 1050. The number of carbonyl (C=O) groups is 1. The zero-order valence-electron chi connectivity index (χ0n) is 16.8. The molecule has 2 heterocycles. The first-order valence-electron chi connectivity index (χ1n) is 10.3. The second-order valence-electron chi connectivity index (χ2n) is 7.67. The van der Waals surface area contributed by atoms with Crippen molar-refractivity contribution < 1.29 is 4.79 Å². The van der Waals surface area contributed by atoms with E-state index >= 15 is 0 Å². The zero-order valence-corrected chi connectivity index (χ0v) is 16.8. The number of rotatable bonds is 5. The van der Waals surface area contributed by atoms with E-state index in [1.54, 1.807) is 24.4 Å². The van der Waals surface area contributed by atoms with Gasteiger partial charge in [-0.05, 0) is 61.1 Å². The summed E-state index contributed by atoms with van der Waals surface area (Å²) in [6, 6.07) is 23.5. The van der Waals surface area contributed by atoms with Gasteiger partial charge in [-0.15, -0.1) is 0 Å². The van der Waals surface area contributed by atoms with E-state index < -0.39 is 0 Å². The largest absolute Gasteiger partial charge is 0.355 e. The first-order chi connectivity index (χ1) is 14.7. The van der Waals surface area contributed by atoms with Gasteiger partial charge in [-0.25, -0.2) is 0 Å². The molecule has 0 unspecified atom stereocenters. The van der Waals surface area contributed by atoms with Crippen molar-refractivity contribution in [1.82, 2.24) is 9.88 Å². The second kappa shape index (κ2) is 9.23. The molecule has 1 aliphatic rings. The highest BCUT2D eigenvalue weighted by Gasteiger charge is 2.24. The van der Waals surface area contributed by atoms with Crippen LogP contribution in [0.25, 0.3) is 0 Å². The Morgan fingerprint density at radius 1 is 1.03 bits per heavy atom. The predicted molar refractivity (Wildman–Crippen MR) is 117 cm³/mol. The first kappa shape index (κ1) is 19.7. The lowest BCUT2D eigenvalue weighted by Gasteiger charge is -2.32. The number of hydrogen-bond donors (Lipinski definition) is 1. The summed E-state index contributed by atoms with van der Waals surface area (Å²) < 4.78 is 0. The molecule has 1 saturated heterocycles. The SMILES string of the molecule is N#Cc1cccc(Nc2ccnc(C(=O)N3CCC(Cc4ccccc4)CC3)c2)c1. The molecule has 5 heteroatoms. The van der Waals surface area contributed by atoms with E-state index in [9.17, 15) is 4.79 Å². The molecule has 0 atom stereocenters. The topological polar surface area (TPSA) is 69.0 Å². The third-order valence-electron chi connectivity index (χ3n) is 5.53. The molecule has 0 bridgehead atoms. The van der Waals surface area contributed by atoms with Crippen molar-refractivity contribution in [1.29, 1.82) is 5.26 Å². The number of aromatic nitrogens is 1. The first-order valence-corrected chi connectivity index (χ1v) is 10.3. The summed E-state index contributed by atoms with van der Waals surface area (Å²) in [6.07, 6.45) is 4.74. The summed E-state index contributed by atoms with van der Waals surface area (Å²) in [4.78, 5) is 19.2. The van der Waals surface area contributed by atoms with Gasteiger partial charge in [0.15, 0.2) is 0 Å². The monoisotopic (exact) mass is 396 g/mol. The lowest BCUT2D eigenvalue weighted by molar-refractivity contribution is 0.0684. The Hall–Kier alpha value is -3.65. The number of nitriles is 1. The fourth-order valence-corrected chi connectivity index (χ4v) is 3.91. The number of anilines is 2. The number of nitrogens with one attached hydrogen (secondary N) is 1. The molecule has 30 heavy (non-hydrogen) atoms. The number of carbonyl (C=O) groups excluding carboxylic acids is 1. The summed E-state index contributed by atoms with van der Waals surface area (Å²) >= 11 is 0.